The SMILES string of the molecule is Cc1ccc([C@@H]2[C@H](S(=O)(=O)c3ccc(Cl)cc3)[C@@]2(N)C#N)cc1. The zero-order valence-electron chi connectivity index (χ0n) is 12.4. The van der Waals surface area contributed by atoms with Gasteiger partial charge in [0.2, 0.25) is 0 Å². The van der Waals surface area contributed by atoms with E-state index in [2.05, 4.69) is 0 Å². The summed E-state index contributed by atoms with van der Waals surface area (Å²) in [5.74, 6) is -0.534. The molecule has 0 spiro atoms. The van der Waals surface area contributed by atoms with Crippen LogP contribution >= 0.6 is 11.6 Å². The number of nitrogens with zero attached hydrogens (tertiary/aromatic N) is 1. The molecule has 3 rings (SSSR count). The van der Waals surface area contributed by atoms with Crippen molar-refractivity contribution in [2.45, 2.75) is 28.5 Å². The zero-order valence-corrected chi connectivity index (χ0v) is 14.0. The van der Waals surface area contributed by atoms with Crippen LogP contribution in [0.2, 0.25) is 5.02 Å². The van der Waals surface area contributed by atoms with Crippen molar-refractivity contribution in [1.82, 2.24) is 0 Å². The maximum Gasteiger partial charge on any atom is 0.184 e. The van der Waals surface area contributed by atoms with Crippen LogP contribution in [0.25, 0.3) is 0 Å². The first kappa shape index (κ1) is 16.0. The second-order valence-corrected chi connectivity index (χ2v) is 8.36. The Hall–Kier alpha value is -1.87. The van der Waals surface area contributed by atoms with Gasteiger partial charge in [-0.3, -0.25) is 0 Å². The van der Waals surface area contributed by atoms with Gasteiger partial charge in [0.25, 0.3) is 0 Å². The minimum Gasteiger partial charge on any atom is -0.312 e. The Morgan fingerprint density at radius 3 is 2.22 bits per heavy atom. The normalized spacial score (nSPS) is 26.5. The van der Waals surface area contributed by atoms with Crippen LogP contribution in [0, 0.1) is 18.3 Å². The van der Waals surface area contributed by atoms with Crippen LogP contribution < -0.4 is 5.73 Å². The maximum absolute atomic E-state index is 12.9. The molecule has 0 saturated heterocycles. The van der Waals surface area contributed by atoms with Gasteiger partial charge in [0.05, 0.1) is 11.0 Å². The summed E-state index contributed by atoms with van der Waals surface area (Å²) < 4.78 is 25.7. The van der Waals surface area contributed by atoms with E-state index in [-0.39, 0.29) is 4.90 Å². The lowest BCUT2D eigenvalue weighted by Gasteiger charge is -2.04. The average Bonchev–Trinajstić information content (AvgIpc) is 3.16. The second kappa shape index (κ2) is 5.34. The highest BCUT2D eigenvalue weighted by molar-refractivity contribution is 7.92. The summed E-state index contributed by atoms with van der Waals surface area (Å²) in [6.07, 6.45) is 0. The van der Waals surface area contributed by atoms with Crippen LogP contribution in [-0.2, 0) is 9.84 Å². The summed E-state index contributed by atoms with van der Waals surface area (Å²) in [6.45, 7) is 1.94. The molecule has 1 fully saturated rings. The van der Waals surface area contributed by atoms with Crippen molar-refractivity contribution in [3.05, 3.63) is 64.7 Å². The Balaban J connectivity index is 2.03. The van der Waals surface area contributed by atoms with Crippen molar-refractivity contribution in [2.24, 2.45) is 5.73 Å². The molecule has 1 aliphatic carbocycles. The summed E-state index contributed by atoms with van der Waals surface area (Å²) in [7, 11) is -3.72. The van der Waals surface area contributed by atoms with Gasteiger partial charge in [-0.1, -0.05) is 41.4 Å². The largest absolute Gasteiger partial charge is 0.312 e. The van der Waals surface area contributed by atoms with E-state index in [1.165, 1.54) is 24.3 Å². The topological polar surface area (TPSA) is 83.9 Å². The minimum atomic E-state index is -3.72. The molecule has 0 aliphatic heterocycles. The van der Waals surface area contributed by atoms with Crippen LogP contribution in [0.3, 0.4) is 0 Å². The number of hydrogen-bond acceptors (Lipinski definition) is 4. The van der Waals surface area contributed by atoms with E-state index >= 15 is 0 Å². The van der Waals surface area contributed by atoms with E-state index < -0.39 is 26.5 Å². The Kier molecular flexibility index (Phi) is 3.72. The number of benzene rings is 2. The summed E-state index contributed by atoms with van der Waals surface area (Å²) in [5, 5.41) is 8.91. The number of nitriles is 1. The van der Waals surface area contributed by atoms with E-state index in [0.29, 0.717) is 5.02 Å². The molecule has 0 bridgehead atoms. The van der Waals surface area contributed by atoms with Crippen molar-refractivity contribution in [1.29, 1.82) is 5.26 Å². The average molecular weight is 347 g/mol. The fraction of sp³-hybridized carbons (Fsp3) is 0.235. The molecule has 23 heavy (non-hydrogen) atoms. The quantitative estimate of drug-likeness (QED) is 0.926. The van der Waals surface area contributed by atoms with Gasteiger partial charge in [-0.2, -0.15) is 5.26 Å². The van der Waals surface area contributed by atoms with Crippen molar-refractivity contribution < 1.29 is 8.42 Å². The zero-order chi connectivity index (χ0) is 16.8. The highest BCUT2D eigenvalue weighted by Crippen LogP contribution is 2.55. The predicted octanol–water partition coefficient (Wildman–Crippen LogP) is 2.81. The highest BCUT2D eigenvalue weighted by Gasteiger charge is 2.70. The van der Waals surface area contributed by atoms with Crippen molar-refractivity contribution in [3.8, 4) is 6.07 Å². The third kappa shape index (κ3) is 2.53. The molecule has 0 radical (unpaired) electrons. The summed E-state index contributed by atoms with van der Waals surface area (Å²) in [6, 6.07) is 15.3. The van der Waals surface area contributed by atoms with Gasteiger partial charge in [-0.25, -0.2) is 8.42 Å². The first-order chi connectivity index (χ1) is 10.8. The molecule has 1 aliphatic rings. The van der Waals surface area contributed by atoms with E-state index in [1.807, 2.05) is 37.3 Å². The molecule has 0 amide bonds. The lowest BCUT2D eigenvalue weighted by atomic mass is 10.1. The summed E-state index contributed by atoms with van der Waals surface area (Å²) in [4.78, 5) is 0.131. The smallest absolute Gasteiger partial charge is 0.184 e. The molecular weight excluding hydrogens is 332 g/mol. The van der Waals surface area contributed by atoms with Crippen LogP contribution in [0.5, 0.6) is 0 Å². The second-order valence-electron chi connectivity index (χ2n) is 5.85. The van der Waals surface area contributed by atoms with E-state index in [1.54, 1.807) is 0 Å². The molecule has 2 N–H and O–H groups in total. The molecule has 0 heterocycles. The molecule has 0 unspecified atom stereocenters. The monoisotopic (exact) mass is 346 g/mol. The van der Waals surface area contributed by atoms with Gasteiger partial charge in [-0.15, -0.1) is 0 Å². The van der Waals surface area contributed by atoms with E-state index in [0.717, 1.165) is 11.1 Å². The van der Waals surface area contributed by atoms with Gasteiger partial charge in [0.1, 0.15) is 10.8 Å². The van der Waals surface area contributed by atoms with Crippen molar-refractivity contribution >= 4 is 21.4 Å². The third-order valence-electron chi connectivity index (χ3n) is 4.29. The minimum absolute atomic E-state index is 0.131. The molecule has 4 nitrogen and oxygen atoms in total. The molecule has 118 valence electrons. The Labute approximate surface area is 140 Å². The number of nitrogens with two attached hydrogens (primary N) is 1. The van der Waals surface area contributed by atoms with Crippen molar-refractivity contribution in [3.63, 3.8) is 0 Å². The van der Waals surface area contributed by atoms with Crippen LogP contribution in [0.4, 0.5) is 0 Å². The standard InChI is InChI=1S/C17H15ClN2O2S/c1-11-2-4-12(5-3-11)15-16(17(15,20)10-19)23(21,22)14-8-6-13(18)7-9-14/h2-9,15-16H,20H2,1H3/t15-,16+,17-/m1/s1. The molecular formula is C17H15ClN2O2S. The summed E-state index contributed by atoms with van der Waals surface area (Å²) >= 11 is 5.81. The van der Waals surface area contributed by atoms with Gasteiger partial charge in [-0.05, 0) is 36.8 Å². The van der Waals surface area contributed by atoms with Crippen LogP contribution in [-0.4, -0.2) is 19.2 Å². The number of aryl methyl sites for hydroxylation is 1. The molecule has 6 heteroatoms. The molecule has 1 saturated carbocycles. The van der Waals surface area contributed by atoms with Gasteiger partial charge in [0, 0.05) is 10.9 Å². The van der Waals surface area contributed by atoms with Crippen LogP contribution in [0.15, 0.2) is 53.4 Å². The fourth-order valence-corrected chi connectivity index (χ4v) is 5.25. The number of halogens is 1. The summed E-state index contributed by atoms with van der Waals surface area (Å²) in [5.41, 5.74) is 6.51. The van der Waals surface area contributed by atoms with Crippen LogP contribution in [0.1, 0.15) is 17.0 Å². The lowest BCUT2D eigenvalue weighted by molar-refractivity contribution is 0.592. The first-order valence-electron chi connectivity index (χ1n) is 7.07. The number of sulfone groups is 1. The predicted molar refractivity (Wildman–Crippen MR) is 88.9 cm³/mol. The molecule has 3 atom stereocenters. The van der Waals surface area contributed by atoms with Gasteiger partial charge in [0.15, 0.2) is 9.84 Å². The third-order valence-corrected chi connectivity index (χ3v) is 6.80. The van der Waals surface area contributed by atoms with Gasteiger partial charge >= 0.3 is 0 Å². The maximum atomic E-state index is 12.9. The molecule has 0 aromatic heterocycles. The number of hydrogen-bond donors (Lipinski definition) is 1. The van der Waals surface area contributed by atoms with Gasteiger partial charge < -0.3 is 5.73 Å². The van der Waals surface area contributed by atoms with Crippen molar-refractivity contribution in [2.75, 3.05) is 0 Å². The molecule has 2 aromatic rings. The lowest BCUT2D eigenvalue weighted by Crippen LogP contribution is -2.29. The highest BCUT2D eigenvalue weighted by atomic mass is 35.5. The van der Waals surface area contributed by atoms with E-state index in [9.17, 15) is 13.7 Å². The number of rotatable bonds is 3. The Morgan fingerprint density at radius 2 is 1.70 bits per heavy atom. The Morgan fingerprint density at radius 1 is 1.13 bits per heavy atom. The molecule has 2 aromatic carbocycles. The fourth-order valence-electron chi connectivity index (χ4n) is 2.94. The Bertz CT molecular complexity index is 886. The first-order valence-corrected chi connectivity index (χ1v) is 8.99. The van der Waals surface area contributed by atoms with E-state index in [4.69, 9.17) is 17.3 Å².